The predicted molar refractivity (Wildman–Crippen MR) is 71.6 cm³/mol. The Morgan fingerprint density at radius 2 is 1.30 bits per heavy atom. The normalized spacial score (nSPS) is 10.3. The van der Waals surface area contributed by atoms with E-state index in [2.05, 4.69) is 10.6 Å². The van der Waals surface area contributed by atoms with Crippen LogP contribution in [-0.4, -0.2) is 24.9 Å². The molecule has 0 spiro atoms. The van der Waals surface area contributed by atoms with Crippen LogP contribution >= 0.6 is 0 Å². The van der Waals surface area contributed by atoms with Gasteiger partial charge in [-0.15, -0.1) is 0 Å². The molecule has 106 valence electrons. The van der Waals surface area contributed by atoms with Crippen molar-refractivity contribution in [3.8, 4) is 0 Å². The maximum atomic E-state index is 11.8. The van der Waals surface area contributed by atoms with E-state index in [9.17, 15) is 9.59 Å². The zero-order valence-electron chi connectivity index (χ0n) is 11.4. The molecule has 6 heteroatoms. The third-order valence-corrected chi connectivity index (χ3v) is 2.90. The van der Waals surface area contributed by atoms with Crippen LogP contribution < -0.4 is 10.6 Å². The van der Waals surface area contributed by atoms with E-state index in [1.165, 1.54) is 12.5 Å². The molecule has 6 nitrogen and oxygen atoms in total. The van der Waals surface area contributed by atoms with Crippen molar-refractivity contribution in [3.63, 3.8) is 0 Å². The van der Waals surface area contributed by atoms with E-state index in [-0.39, 0.29) is 11.8 Å². The van der Waals surface area contributed by atoms with E-state index < -0.39 is 0 Å². The van der Waals surface area contributed by atoms with E-state index in [1.807, 2.05) is 0 Å². The fourth-order valence-corrected chi connectivity index (χ4v) is 1.78. The number of hydrogen-bond acceptors (Lipinski definition) is 4. The van der Waals surface area contributed by atoms with Crippen LogP contribution in [0.15, 0.2) is 33.5 Å². The highest BCUT2D eigenvalue weighted by Crippen LogP contribution is 2.08. The summed E-state index contributed by atoms with van der Waals surface area (Å²) < 4.78 is 10.1. The molecule has 0 bridgehead atoms. The van der Waals surface area contributed by atoms with Crippen molar-refractivity contribution in [2.24, 2.45) is 0 Å². The minimum Gasteiger partial charge on any atom is -0.469 e. The molecule has 0 radical (unpaired) electrons. The summed E-state index contributed by atoms with van der Waals surface area (Å²) in [5.41, 5.74) is 1.00. The molecule has 2 heterocycles. The second kappa shape index (κ2) is 6.10. The first-order valence-corrected chi connectivity index (χ1v) is 6.24. The number of carbonyl (C=O) groups is 2. The summed E-state index contributed by atoms with van der Waals surface area (Å²) in [5, 5.41) is 5.41. The van der Waals surface area contributed by atoms with Crippen LogP contribution in [0, 0.1) is 13.8 Å². The van der Waals surface area contributed by atoms with Crippen molar-refractivity contribution in [1.82, 2.24) is 10.6 Å². The molecule has 0 aromatic carbocycles. The summed E-state index contributed by atoms with van der Waals surface area (Å²) in [4.78, 5) is 23.5. The van der Waals surface area contributed by atoms with Gasteiger partial charge in [0.15, 0.2) is 0 Å². The predicted octanol–water partition coefficient (Wildman–Crippen LogP) is 1.65. The third-order valence-electron chi connectivity index (χ3n) is 2.90. The molecule has 0 aliphatic carbocycles. The number of amides is 2. The maximum Gasteiger partial charge on any atom is 0.254 e. The second-order valence-corrected chi connectivity index (χ2v) is 4.29. The van der Waals surface area contributed by atoms with Gasteiger partial charge in [0.2, 0.25) is 0 Å². The van der Waals surface area contributed by atoms with Gasteiger partial charge in [-0.2, -0.15) is 0 Å². The molecule has 2 amide bonds. The number of furan rings is 2. The van der Waals surface area contributed by atoms with Crippen molar-refractivity contribution in [2.45, 2.75) is 13.8 Å². The monoisotopic (exact) mass is 276 g/mol. The molecule has 0 saturated heterocycles. The molecule has 20 heavy (non-hydrogen) atoms. The molecule has 0 unspecified atom stereocenters. The van der Waals surface area contributed by atoms with Crippen LogP contribution in [0.1, 0.15) is 32.2 Å². The molecule has 2 aromatic heterocycles. The summed E-state index contributed by atoms with van der Waals surface area (Å²) in [7, 11) is 0. The van der Waals surface area contributed by atoms with Gasteiger partial charge in [0.05, 0.1) is 23.7 Å². The minimum atomic E-state index is -0.218. The average molecular weight is 276 g/mol. The van der Waals surface area contributed by atoms with Gasteiger partial charge in [-0.25, -0.2) is 0 Å². The highest BCUT2D eigenvalue weighted by molar-refractivity contribution is 5.96. The number of hydrogen-bond donors (Lipinski definition) is 2. The second-order valence-electron chi connectivity index (χ2n) is 4.29. The zero-order valence-corrected chi connectivity index (χ0v) is 11.4. The molecule has 2 aromatic rings. The summed E-state index contributed by atoms with van der Waals surface area (Å²) in [6.07, 6.45) is 2.93. The van der Waals surface area contributed by atoms with Gasteiger partial charge in [0, 0.05) is 13.1 Å². The molecule has 0 saturated carbocycles. The topological polar surface area (TPSA) is 84.5 Å². The molecule has 0 aliphatic heterocycles. The van der Waals surface area contributed by atoms with Gasteiger partial charge in [0.1, 0.15) is 11.5 Å². The number of carbonyl (C=O) groups excluding carboxylic acids is 2. The lowest BCUT2D eigenvalue weighted by atomic mass is 10.2. The molecular formula is C14H16N2O4. The van der Waals surface area contributed by atoms with Crippen molar-refractivity contribution < 1.29 is 18.4 Å². The smallest absolute Gasteiger partial charge is 0.254 e. The van der Waals surface area contributed by atoms with E-state index in [0.29, 0.717) is 35.7 Å². The molecule has 2 N–H and O–H groups in total. The van der Waals surface area contributed by atoms with Crippen LogP contribution in [0.4, 0.5) is 0 Å². The molecule has 2 rings (SSSR count). The Bertz CT molecular complexity index is 558. The summed E-state index contributed by atoms with van der Waals surface area (Å²) in [6, 6.07) is 3.22. The molecule has 0 fully saturated rings. The van der Waals surface area contributed by atoms with Gasteiger partial charge in [-0.3, -0.25) is 9.59 Å². The Hall–Kier alpha value is -2.50. The van der Waals surface area contributed by atoms with Crippen LogP contribution in [0.25, 0.3) is 0 Å². The first-order valence-electron chi connectivity index (χ1n) is 6.24. The lowest BCUT2D eigenvalue weighted by Crippen LogP contribution is -2.34. The third kappa shape index (κ3) is 3.09. The van der Waals surface area contributed by atoms with Gasteiger partial charge < -0.3 is 19.5 Å². The van der Waals surface area contributed by atoms with Gasteiger partial charge in [-0.1, -0.05) is 0 Å². The van der Waals surface area contributed by atoms with E-state index >= 15 is 0 Å². The number of aryl methyl sites for hydroxylation is 2. The summed E-state index contributed by atoms with van der Waals surface area (Å²) in [5.74, 6) is 0.705. The Morgan fingerprint density at radius 1 is 0.900 bits per heavy atom. The van der Waals surface area contributed by atoms with Crippen LogP contribution in [0.2, 0.25) is 0 Å². The highest BCUT2D eigenvalue weighted by Gasteiger charge is 2.12. The van der Waals surface area contributed by atoms with Gasteiger partial charge >= 0.3 is 0 Å². The summed E-state index contributed by atoms with van der Waals surface area (Å²) >= 11 is 0. The van der Waals surface area contributed by atoms with Crippen molar-refractivity contribution in [1.29, 1.82) is 0 Å². The zero-order chi connectivity index (χ0) is 14.5. The Labute approximate surface area is 116 Å². The standard InChI is InChI=1S/C14H16N2O4/c1-9-11(3-7-19-9)13(17)15-5-6-16-14(18)12-4-8-20-10(12)2/h3-4,7-8H,5-6H2,1-2H3,(H,15,17)(H,16,18). The van der Waals surface area contributed by atoms with Gasteiger partial charge in [-0.05, 0) is 26.0 Å². The van der Waals surface area contributed by atoms with Gasteiger partial charge in [0.25, 0.3) is 11.8 Å². The van der Waals surface area contributed by atoms with Crippen LogP contribution in [0.3, 0.4) is 0 Å². The molecular weight excluding hydrogens is 260 g/mol. The average Bonchev–Trinajstić information content (AvgIpc) is 3.02. The number of rotatable bonds is 5. The molecule has 0 aliphatic rings. The number of nitrogens with one attached hydrogen (secondary N) is 2. The summed E-state index contributed by atoms with van der Waals surface area (Å²) in [6.45, 7) is 4.12. The van der Waals surface area contributed by atoms with Crippen LogP contribution in [-0.2, 0) is 0 Å². The fourth-order valence-electron chi connectivity index (χ4n) is 1.78. The van der Waals surface area contributed by atoms with Crippen LogP contribution in [0.5, 0.6) is 0 Å². The first-order chi connectivity index (χ1) is 9.59. The Kier molecular flexibility index (Phi) is 4.24. The SMILES string of the molecule is Cc1occc1C(=O)NCCNC(=O)c1ccoc1C. The fraction of sp³-hybridized carbons (Fsp3) is 0.286. The van der Waals surface area contributed by atoms with E-state index in [1.54, 1.807) is 26.0 Å². The Morgan fingerprint density at radius 3 is 1.60 bits per heavy atom. The highest BCUT2D eigenvalue weighted by atomic mass is 16.3. The molecule has 0 atom stereocenters. The Balaban J connectivity index is 1.75. The lowest BCUT2D eigenvalue weighted by Gasteiger charge is -2.06. The van der Waals surface area contributed by atoms with Crippen molar-refractivity contribution in [2.75, 3.05) is 13.1 Å². The lowest BCUT2D eigenvalue weighted by molar-refractivity contribution is 0.0926. The maximum absolute atomic E-state index is 11.8. The largest absolute Gasteiger partial charge is 0.469 e. The van der Waals surface area contributed by atoms with E-state index in [4.69, 9.17) is 8.83 Å². The van der Waals surface area contributed by atoms with E-state index in [0.717, 1.165) is 0 Å². The van der Waals surface area contributed by atoms with Crippen molar-refractivity contribution in [3.05, 3.63) is 47.3 Å². The van der Waals surface area contributed by atoms with Crippen molar-refractivity contribution >= 4 is 11.8 Å². The first kappa shape index (κ1) is 13.9. The minimum absolute atomic E-state index is 0.218. The quantitative estimate of drug-likeness (QED) is 0.813.